The molecule has 0 aromatic heterocycles. The maximum atomic E-state index is 12.7. The second kappa shape index (κ2) is 9.81. The van der Waals surface area contributed by atoms with Crippen LogP contribution in [0.15, 0.2) is 72.8 Å². The average molecular weight is 483 g/mol. The van der Waals surface area contributed by atoms with Gasteiger partial charge in [0.15, 0.2) is 0 Å². The van der Waals surface area contributed by atoms with Gasteiger partial charge in [0.05, 0.1) is 11.1 Å². The van der Waals surface area contributed by atoms with Crippen molar-refractivity contribution in [3.8, 4) is 0 Å². The van der Waals surface area contributed by atoms with Gasteiger partial charge in [0, 0.05) is 17.1 Å². The fraction of sp³-hybridized carbons (Fsp3) is 0.355. The van der Waals surface area contributed by atoms with Crippen molar-refractivity contribution in [2.75, 3.05) is 10.6 Å². The van der Waals surface area contributed by atoms with Crippen LogP contribution in [0.25, 0.3) is 0 Å². The Morgan fingerprint density at radius 3 is 2.11 bits per heavy atom. The number of hydrogen-bond acceptors (Lipinski definition) is 3. The van der Waals surface area contributed by atoms with E-state index in [1.54, 1.807) is 18.2 Å². The Morgan fingerprint density at radius 1 is 0.806 bits per heavy atom. The Kier molecular flexibility index (Phi) is 6.57. The summed E-state index contributed by atoms with van der Waals surface area (Å²) in [5.74, 6) is 1.01. The van der Waals surface area contributed by atoms with Gasteiger partial charge in [0.2, 0.25) is 0 Å². The molecule has 2 bridgehead atoms. The zero-order chi connectivity index (χ0) is 25.3. The molecule has 0 aliphatic heterocycles. The van der Waals surface area contributed by atoms with E-state index in [0.717, 1.165) is 29.1 Å². The first kappa shape index (κ1) is 24.1. The van der Waals surface area contributed by atoms with Crippen LogP contribution in [0.3, 0.4) is 0 Å². The number of carboxylic acid groups (broad SMARTS) is 1. The van der Waals surface area contributed by atoms with Crippen LogP contribution < -0.4 is 10.6 Å². The van der Waals surface area contributed by atoms with E-state index in [9.17, 15) is 14.7 Å². The number of anilines is 3. The van der Waals surface area contributed by atoms with Gasteiger partial charge in [-0.2, -0.15) is 0 Å². The van der Waals surface area contributed by atoms with Crippen molar-refractivity contribution in [1.29, 1.82) is 0 Å². The zero-order valence-corrected chi connectivity index (χ0v) is 21.0. The second-order valence-corrected chi connectivity index (χ2v) is 11.1. The van der Waals surface area contributed by atoms with Crippen molar-refractivity contribution in [3.05, 3.63) is 89.5 Å². The number of hydrogen-bond donors (Lipinski definition) is 3. The summed E-state index contributed by atoms with van der Waals surface area (Å²) in [7, 11) is 0. The SMILES string of the molecule is CC1CC2CC(C1)CC(C)(c1ccc(Nc3cccc(NC(=O)c4ccccc4C(=O)O)c3)cc1)C2. The first-order chi connectivity index (χ1) is 17.3. The number of nitrogens with one attached hydrogen (secondary N) is 2. The van der Waals surface area contributed by atoms with Gasteiger partial charge in [-0.25, -0.2) is 4.79 Å². The first-order valence-electron chi connectivity index (χ1n) is 12.9. The van der Waals surface area contributed by atoms with E-state index < -0.39 is 11.9 Å². The number of fused-ring (bicyclic) bond motifs is 2. The number of amides is 1. The molecule has 3 aromatic carbocycles. The predicted octanol–water partition coefficient (Wildman–Crippen LogP) is 7.48. The molecule has 3 N–H and O–H groups in total. The molecule has 5 heteroatoms. The minimum Gasteiger partial charge on any atom is -0.478 e. The normalized spacial score (nSPS) is 25.1. The van der Waals surface area contributed by atoms with Gasteiger partial charge in [-0.15, -0.1) is 0 Å². The molecule has 5 nitrogen and oxygen atoms in total. The number of rotatable bonds is 6. The summed E-state index contributed by atoms with van der Waals surface area (Å²) in [6, 6.07) is 22.5. The quantitative estimate of drug-likeness (QED) is 0.340. The molecule has 5 rings (SSSR count). The average Bonchev–Trinajstić information content (AvgIpc) is 2.83. The van der Waals surface area contributed by atoms with E-state index in [0.29, 0.717) is 5.69 Å². The number of carbonyl (C=O) groups excluding carboxylic acids is 1. The van der Waals surface area contributed by atoms with Crippen molar-refractivity contribution >= 4 is 28.9 Å². The Hall–Kier alpha value is -3.60. The highest BCUT2D eigenvalue weighted by Crippen LogP contribution is 2.51. The molecule has 0 saturated heterocycles. The van der Waals surface area contributed by atoms with Crippen LogP contribution in [-0.4, -0.2) is 17.0 Å². The largest absolute Gasteiger partial charge is 0.478 e. The summed E-state index contributed by atoms with van der Waals surface area (Å²) in [5.41, 5.74) is 4.23. The lowest BCUT2D eigenvalue weighted by Gasteiger charge is -2.47. The molecule has 2 aliphatic rings. The summed E-state index contributed by atoms with van der Waals surface area (Å²) < 4.78 is 0. The van der Waals surface area contributed by atoms with Crippen LogP contribution in [0.2, 0.25) is 0 Å². The lowest BCUT2D eigenvalue weighted by atomic mass is 9.57. The third kappa shape index (κ3) is 5.15. The second-order valence-electron chi connectivity index (χ2n) is 11.1. The third-order valence-corrected chi connectivity index (χ3v) is 8.01. The fourth-order valence-electron chi connectivity index (χ4n) is 6.69. The third-order valence-electron chi connectivity index (χ3n) is 8.01. The molecule has 2 atom stereocenters. The molecule has 186 valence electrons. The Morgan fingerprint density at radius 2 is 1.44 bits per heavy atom. The van der Waals surface area contributed by atoms with Crippen molar-refractivity contribution in [2.45, 2.75) is 51.4 Å². The van der Waals surface area contributed by atoms with Gasteiger partial charge in [-0.3, -0.25) is 4.79 Å². The molecular formula is C31H34N2O3. The summed E-state index contributed by atoms with van der Waals surface area (Å²) in [6.45, 7) is 4.86. The van der Waals surface area contributed by atoms with Crippen molar-refractivity contribution in [3.63, 3.8) is 0 Å². The monoisotopic (exact) mass is 482 g/mol. The van der Waals surface area contributed by atoms with E-state index in [4.69, 9.17) is 0 Å². The first-order valence-corrected chi connectivity index (χ1v) is 12.9. The molecule has 2 aliphatic carbocycles. The van der Waals surface area contributed by atoms with Crippen molar-refractivity contribution < 1.29 is 14.7 Å². The summed E-state index contributed by atoms with van der Waals surface area (Å²) in [5, 5.41) is 15.6. The van der Waals surface area contributed by atoms with Crippen LogP contribution >= 0.6 is 0 Å². The highest BCUT2D eigenvalue weighted by molar-refractivity contribution is 6.10. The van der Waals surface area contributed by atoms with E-state index in [1.165, 1.54) is 49.8 Å². The van der Waals surface area contributed by atoms with Crippen molar-refractivity contribution in [2.24, 2.45) is 17.8 Å². The molecule has 3 aromatic rings. The lowest BCUT2D eigenvalue weighted by molar-refractivity contribution is 0.0692. The van der Waals surface area contributed by atoms with Gasteiger partial charge in [0.1, 0.15) is 0 Å². The maximum absolute atomic E-state index is 12.7. The van der Waals surface area contributed by atoms with Gasteiger partial charge in [0.25, 0.3) is 5.91 Å². The standard InChI is InChI=1S/C31H34N2O3/c1-20-14-21-16-22(15-20)19-31(2,18-21)23-10-12-24(13-11-23)32-25-6-5-7-26(17-25)33-29(34)27-8-3-4-9-28(27)30(35)36/h3-13,17,20-22,32H,14-16,18-19H2,1-2H3,(H,33,34)(H,35,36). The fourth-order valence-corrected chi connectivity index (χ4v) is 6.69. The summed E-state index contributed by atoms with van der Waals surface area (Å²) in [6.07, 6.45) is 6.73. The van der Waals surface area contributed by atoms with E-state index >= 15 is 0 Å². The summed E-state index contributed by atoms with van der Waals surface area (Å²) >= 11 is 0. The minimum atomic E-state index is -1.13. The number of carboxylic acids is 1. The zero-order valence-electron chi connectivity index (χ0n) is 21.0. The van der Waals surface area contributed by atoms with Gasteiger partial charge >= 0.3 is 5.97 Å². The molecule has 0 spiro atoms. The number of benzene rings is 3. The van der Waals surface area contributed by atoms with E-state index in [-0.39, 0.29) is 16.5 Å². The smallest absolute Gasteiger partial charge is 0.336 e. The molecule has 0 heterocycles. The molecule has 2 fully saturated rings. The number of carbonyl (C=O) groups is 2. The van der Waals surface area contributed by atoms with E-state index in [2.05, 4.69) is 48.7 Å². The molecule has 0 radical (unpaired) electrons. The Bertz CT molecular complexity index is 1250. The topological polar surface area (TPSA) is 78.4 Å². The highest BCUT2D eigenvalue weighted by atomic mass is 16.4. The van der Waals surface area contributed by atoms with E-state index in [1.807, 2.05) is 18.2 Å². The Labute approximate surface area is 212 Å². The molecule has 2 unspecified atom stereocenters. The summed E-state index contributed by atoms with van der Waals surface area (Å²) in [4.78, 5) is 24.2. The highest BCUT2D eigenvalue weighted by Gasteiger charge is 2.41. The Balaban J connectivity index is 1.26. The lowest BCUT2D eigenvalue weighted by Crippen LogP contribution is -2.38. The van der Waals surface area contributed by atoms with Crippen LogP contribution in [0.5, 0.6) is 0 Å². The number of aromatic carboxylic acids is 1. The van der Waals surface area contributed by atoms with Crippen LogP contribution in [0.1, 0.15) is 72.2 Å². The molecule has 1 amide bonds. The van der Waals surface area contributed by atoms with Gasteiger partial charge in [-0.05, 0) is 103 Å². The van der Waals surface area contributed by atoms with Crippen LogP contribution in [-0.2, 0) is 5.41 Å². The van der Waals surface area contributed by atoms with Crippen LogP contribution in [0.4, 0.5) is 17.1 Å². The molecule has 36 heavy (non-hydrogen) atoms. The molecule has 2 saturated carbocycles. The minimum absolute atomic E-state index is 0.0193. The predicted molar refractivity (Wildman–Crippen MR) is 144 cm³/mol. The molecular weight excluding hydrogens is 448 g/mol. The maximum Gasteiger partial charge on any atom is 0.336 e. The van der Waals surface area contributed by atoms with Crippen LogP contribution in [0, 0.1) is 17.8 Å². The van der Waals surface area contributed by atoms with Gasteiger partial charge < -0.3 is 15.7 Å². The van der Waals surface area contributed by atoms with Gasteiger partial charge in [-0.1, -0.05) is 44.2 Å². The van der Waals surface area contributed by atoms with Crippen molar-refractivity contribution in [1.82, 2.24) is 0 Å².